The molecule has 0 atom stereocenters. The van der Waals surface area contributed by atoms with Crippen molar-refractivity contribution in [3.8, 4) is 22.9 Å². The molecule has 128 valence electrons. The lowest BCUT2D eigenvalue weighted by atomic mass is 10.1. The van der Waals surface area contributed by atoms with Gasteiger partial charge >= 0.3 is 0 Å². The number of nitrogen functional groups attached to an aromatic ring is 1. The number of nitrogens with two attached hydrogens (primary N) is 1. The molecule has 3 aromatic rings. The summed E-state index contributed by atoms with van der Waals surface area (Å²) in [5.74, 6) is 7.88. The molecule has 1 heterocycles. The zero-order valence-corrected chi connectivity index (χ0v) is 14.1. The highest BCUT2D eigenvalue weighted by Gasteiger charge is 2.12. The second-order valence-electron chi connectivity index (χ2n) is 5.31. The Morgan fingerprint density at radius 1 is 0.960 bits per heavy atom. The first-order valence-electron chi connectivity index (χ1n) is 7.71. The van der Waals surface area contributed by atoms with Crippen LogP contribution in [0.2, 0.25) is 0 Å². The van der Waals surface area contributed by atoms with Crippen LogP contribution in [-0.4, -0.2) is 29.4 Å². The molecule has 0 amide bonds. The second kappa shape index (κ2) is 7.59. The molecule has 0 aliphatic carbocycles. The van der Waals surface area contributed by atoms with Gasteiger partial charge in [-0.3, -0.25) is 0 Å². The molecule has 2 aromatic carbocycles. The van der Waals surface area contributed by atoms with E-state index in [4.69, 9.17) is 15.3 Å². The van der Waals surface area contributed by atoms with Gasteiger partial charge in [-0.1, -0.05) is 36.4 Å². The zero-order valence-electron chi connectivity index (χ0n) is 14.1. The molecule has 3 rings (SSSR count). The molecule has 25 heavy (non-hydrogen) atoms. The maximum Gasteiger partial charge on any atom is 0.184 e. The first-order chi connectivity index (χ1) is 12.2. The van der Waals surface area contributed by atoms with Gasteiger partial charge in [-0.25, -0.2) is 10.8 Å². The van der Waals surface area contributed by atoms with Crippen molar-refractivity contribution >= 4 is 5.82 Å². The van der Waals surface area contributed by atoms with Gasteiger partial charge in [0.15, 0.2) is 23.1 Å². The van der Waals surface area contributed by atoms with Gasteiger partial charge in [0.1, 0.15) is 0 Å². The molecule has 0 radical (unpaired) electrons. The smallest absolute Gasteiger partial charge is 0.184 e. The van der Waals surface area contributed by atoms with Crippen LogP contribution < -0.4 is 20.7 Å². The minimum absolute atomic E-state index is 0.439. The third-order valence-corrected chi connectivity index (χ3v) is 3.75. The number of rotatable bonds is 6. The molecular weight excluding hydrogens is 318 g/mol. The zero-order chi connectivity index (χ0) is 17.6. The molecule has 3 N–H and O–H groups in total. The van der Waals surface area contributed by atoms with Crippen molar-refractivity contribution in [2.45, 2.75) is 6.42 Å². The van der Waals surface area contributed by atoms with Gasteiger partial charge in [0.05, 0.1) is 19.9 Å². The van der Waals surface area contributed by atoms with Crippen LogP contribution in [0.4, 0.5) is 5.82 Å². The van der Waals surface area contributed by atoms with Gasteiger partial charge in [0.25, 0.3) is 0 Å². The molecule has 0 saturated heterocycles. The van der Waals surface area contributed by atoms with Crippen LogP contribution in [0.1, 0.15) is 11.3 Å². The standard InChI is InChI=1S/C18H19N5O2/c1-24-15-9-8-12(11-16(15)25-2)10-14-18(21-19)23-22-17(20-14)13-6-4-3-5-7-13/h3-9,11H,10,19H2,1-2H3,(H,21,23). The fourth-order valence-electron chi connectivity index (χ4n) is 2.49. The van der Waals surface area contributed by atoms with Crippen LogP contribution >= 0.6 is 0 Å². The van der Waals surface area contributed by atoms with E-state index in [1.54, 1.807) is 14.2 Å². The largest absolute Gasteiger partial charge is 0.493 e. The highest BCUT2D eigenvalue weighted by Crippen LogP contribution is 2.29. The average Bonchev–Trinajstić information content (AvgIpc) is 2.68. The summed E-state index contributed by atoms with van der Waals surface area (Å²) in [7, 11) is 3.21. The van der Waals surface area contributed by atoms with Crippen LogP contribution in [0, 0.1) is 0 Å². The summed E-state index contributed by atoms with van der Waals surface area (Å²) < 4.78 is 10.6. The minimum atomic E-state index is 0.439. The number of methoxy groups -OCH3 is 2. The number of hydrogen-bond donors (Lipinski definition) is 2. The molecule has 0 saturated carbocycles. The molecule has 7 heteroatoms. The first-order valence-corrected chi connectivity index (χ1v) is 7.71. The second-order valence-corrected chi connectivity index (χ2v) is 5.31. The summed E-state index contributed by atoms with van der Waals surface area (Å²) in [5.41, 5.74) is 5.14. The molecule has 0 aliphatic heterocycles. The summed E-state index contributed by atoms with van der Waals surface area (Å²) in [4.78, 5) is 4.62. The highest BCUT2D eigenvalue weighted by molar-refractivity contribution is 5.56. The van der Waals surface area contributed by atoms with Crippen LogP contribution in [0.3, 0.4) is 0 Å². The molecule has 0 aliphatic rings. The molecule has 0 bridgehead atoms. The van der Waals surface area contributed by atoms with Crippen molar-refractivity contribution in [3.63, 3.8) is 0 Å². The predicted octanol–water partition coefficient (Wildman–Crippen LogP) is 2.43. The molecule has 0 fully saturated rings. The first kappa shape index (κ1) is 16.7. The average molecular weight is 337 g/mol. The van der Waals surface area contributed by atoms with E-state index >= 15 is 0 Å². The highest BCUT2D eigenvalue weighted by atomic mass is 16.5. The van der Waals surface area contributed by atoms with Crippen molar-refractivity contribution in [2.75, 3.05) is 19.6 Å². The fraction of sp³-hybridized carbons (Fsp3) is 0.167. The fourth-order valence-corrected chi connectivity index (χ4v) is 2.49. The van der Waals surface area contributed by atoms with E-state index in [1.165, 1.54) is 0 Å². The van der Waals surface area contributed by atoms with E-state index in [0.29, 0.717) is 35.3 Å². The Hall–Kier alpha value is -3.19. The van der Waals surface area contributed by atoms with Crippen LogP contribution in [0.25, 0.3) is 11.4 Å². The van der Waals surface area contributed by atoms with Gasteiger partial charge in [-0.2, -0.15) is 0 Å². The number of nitrogens with one attached hydrogen (secondary N) is 1. The van der Waals surface area contributed by atoms with Crippen molar-refractivity contribution in [1.82, 2.24) is 15.2 Å². The molecular formula is C18H19N5O2. The Morgan fingerprint density at radius 3 is 2.40 bits per heavy atom. The predicted molar refractivity (Wildman–Crippen MR) is 95.4 cm³/mol. The van der Waals surface area contributed by atoms with E-state index < -0.39 is 0 Å². The van der Waals surface area contributed by atoms with Gasteiger partial charge in [0.2, 0.25) is 0 Å². The van der Waals surface area contributed by atoms with Crippen molar-refractivity contribution < 1.29 is 9.47 Å². The van der Waals surface area contributed by atoms with E-state index in [0.717, 1.165) is 11.1 Å². The molecule has 0 spiro atoms. The van der Waals surface area contributed by atoms with E-state index in [2.05, 4.69) is 20.6 Å². The number of hydrazine groups is 1. The summed E-state index contributed by atoms with van der Waals surface area (Å²) in [6, 6.07) is 15.4. The number of benzene rings is 2. The number of aromatic nitrogens is 3. The van der Waals surface area contributed by atoms with Crippen molar-refractivity contribution in [2.24, 2.45) is 5.84 Å². The van der Waals surface area contributed by atoms with Crippen LogP contribution in [0.15, 0.2) is 48.5 Å². The number of nitrogens with zero attached hydrogens (tertiary/aromatic N) is 3. The molecule has 0 unspecified atom stereocenters. The van der Waals surface area contributed by atoms with Gasteiger partial charge < -0.3 is 14.9 Å². The number of anilines is 1. The third-order valence-electron chi connectivity index (χ3n) is 3.75. The van der Waals surface area contributed by atoms with Gasteiger partial charge in [-0.15, -0.1) is 10.2 Å². The van der Waals surface area contributed by atoms with E-state index in [-0.39, 0.29) is 0 Å². The monoisotopic (exact) mass is 337 g/mol. The Labute approximate surface area is 145 Å². The molecule has 1 aromatic heterocycles. The Morgan fingerprint density at radius 2 is 1.72 bits per heavy atom. The van der Waals surface area contributed by atoms with E-state index in [9.17, 15) is 0 Å². The number of ether oxygens (including phenoxy) is 2. The normalized spacial score (nSPS) is 10.4. The maximum absolute atomic E-state index is 5.56. The Balaban J connectivity index is 1.96. The summed E-state index contributed by atoms with van der Waals surface area (Å²) >= 11 is 0. The lowest BCUT2D eigenvalue weighted by molar-refractivity contribution is 0.354. The number of hydrogen-bond acceptors (Lipinski definition) is 7. The van der Waals surface area contributed by atoms with Crippen LogP contribution in [-0.2, 0) is 6.42 Å². The van der Waals surface area contributed by atoms with E-state index in [1.807, 2.05) is 48.5 Å². The van der Waals surface area contributed by atoms with Crippen LogP contribution in [0.5, 0.6) is 11.5 Å². The molecule has 7 nitrogen and oxygen atoms in total. The quantitative estimate of drug-likeness (QED) is 0.527. The Kier molecular flexibility index (Phi) is 5.06. The SMILES string of the molecule is COc1ccc(Cc2nc(-c3ccccc3)nnc2NN)cc1OC. The lowest BCUT2D eigenvalue weighted by Gasteiger charge is -2.11. The summed E-state index contributed by atoms with van der Waals surface area (Å²) in [6.45, 7) is 0. The minimum Gasteiger partial charge on any atom is -0.493 e. The lowest BCUT2D eigenvalue weighted by Crippen LogP contribution is -2.14. The van der Waals surface area contributed by atoms with Gasteiger partial charge in [-0.05, 0) is 17.7 Å². The van der Waals surface area contributed by atoms with Gasteiger partial charge in [0, 0.05) is 12.0 Å². The maximum atomic E-state index is 5.56. The van der Waals surface area contributed by atoms with Crippen molar-refractivity contribution in [1.29, 1.82) is 0 Å². The summed E-state index contributed by atoms with van der Waals surface area (Å²) in [5, 5.41) is 8.28. The topological polar surface area (TPSA) is 95.2 Å². The Bertz CT molecular complexity index is 855. The summed E-state index contributed by atoms with van der Waals surface area (Å²) in [6.07, 6.45) is 0.523. The third kappa shape index (κ3) is 3.67. The van der Waals surface area contributed by atoms with Crippen molar-refractivity contribution in [3.05, 3.63) is 59.8 Å².